The van der Waals surface area contributed by atoms with Crippen molar-refractivity contribution in [3.05, 3.63) is 34.4 Å². The number of piperidine rings is 1. The number of nitrogens with one attached hydrogen (secondary N) is 1. The van der Waals surface area contributed by atoms with E-state index in [-0.39, 0.29) is 0 Å². The second-order valence-electron chi connectivity index (χ2n) is 6.49. The first kappa shape index (κ1) is 15.5. The Morgan fingerprint density at radius 2 is 1.85 bits per heavy atom. The lowest BCUT2D eigenvalue weighted by atomic mass is 9.92. The summed E-state index contributed by atoms with van der Waals surface area (Å²) in [5, 5.41) is 3.55. The molecule has 1 saturated heterocycles. The summed E-state index contributed by atoms with van der Waals surface area (Å²) in [6, 6.07) is 5.79. The Morgan fingerprint density at radius 1 is 1.20 bits per heavy atom. The van der Waals surface area contributed by atoms with Crippen LogP contribution < -0.4 is 5.32 Å². The van der Waals surface area contributed by atoms with Gasteiger partial charge in [-0.3, -0.25) is 4.90 Å². The first-order valence-corrected chi connectivity index (χ1v) is 8.02. The van der Waals surface area contributed by atoms with Gasteiger partial charge in [0.25, 0.3) is 0 Å². The zero-order valence-electron chi connectivity index (χ0n) is 13.8. The Morgan fingerprint density at radius 3 is 2.40 bits per heavy atom. The zero-order valence-corrected chi connectivity index (χ0v) is 13.8. The monoisotopic (exact) mass is 274 g/mol. The highest BCUT2D eigenvalue weighted by Crippen LogP contribution is 2.26. The van der Waals surface area contributed by atoms with E-state index in [0.717, 1.165) is 12.6 Å². The molecule has 0 amide bonds. The Hall–Kier alpha value is -0.860. The molecule has 0 aromatic heterocycles. The van der Waals surface area contributed by atoms with Gasteiger partial charge in [0.05, 0.1) is 0 Å². The molecule has 1 aromatic rings. The molecule has 0 spiro atoms. The fourth-order valence-electron chi connectivity index (χ4n) is 3.73. The molecule has 2 atom stereocenters. The minimum atomic E-state index is 0.441. The van der Waals surface area contributed by atoms with Crippen LogP contribution in [0.15, 0.2) is 12.1 Å². The fraction of sp³-hybridized carbons (Fsp3) is 0.667. The Bertz CT molecular complexity index is 430. The molecule has 0 saturated carbocycles. The van der Waals surface area contributed by atoms with Crippen LogP contribution in [-0.2, 0) is 0 Å². The van der Waals surface area contributed by atoms with Crippen LogP contribution in [0.3, 0.4) is 0 Å². The number of nitrogens with zero attached hydrogens (tertiary/aromatic N) is 1. The number of benzene rings is 1. The van der Waals surface area contributed by atoms with Crippen molar-refractivity contribution in [3.63, 3.8) is 0 Å². The summed E-state index contributed by atoms with van der Waals surface area (Å²) in [5.41, 5.74) is 5.71. The van der Waals surface area contributed by atoms with Crippen LogP contribution in [0.2, 0.25) is 0 Å². The molecule has 20 heavy (non-hydrogen) atoms. The highest BCUT2D eigenvalue weighted by atomic mass is 15.2. The third-order valence-corrected chi connectivity index (χ3v) is 4.79. The molecule has 1 heterocycles. The van der Waals surface area contributed by atoms with Crippen LogP contribution in [0.5, 0.6) is 0 Å². The lowest BCUT2D eigenvalue weighted by molar-refractivity contribution is 0.146. The predicted octanol–water partition coefficient (Wildman–Crippen LogP) is 3.75. The topological polar surface area (TPSA) is 15.3 Å². The smallest absolute Gasteiger partial charge is 0.0452 e. The molecule has 112 valence electrons. The first-order chi connectivity index (χ1) is 9.52. The molecule has 2 unspecified atom stereocenters. The van der Waals surface area contributed by atoms with Gasteiger partial charge in [-0.15, -0.1) is 0 Å². The molecule has 0 radical (unpaired) electrons. The maximum absolute atomic E-state index is 3.55. The van der Waals surface area contributed by atoms with Crippen molar-refractivity contribution in [1.82, 2.24) is 10.2 Å². The van der Waals surface area contributed by atoms with Gasteiger partial charge in [-0.25, -0.2) is 0 Å². The van der Waals surface area contributed by atoms with Crippen molar-refractivity contribution in [1.29, 1.82) is 0 Å². The number of hydrogen-bond acceptors (Lipinski definition) is 2. The van der Waals surface area contributed by atoms with Gasteiger partial charge in [0, 0.05) is 18.6 Å². The molecule has 2 nitrogen and oxygen atoms in total. The second-order valence-corrected chi connectivity index (χ2v) is 6.49. The van der Waals surface area contributed by atoms with Crippen molar-refractivity contribution < 1.29 is 0 Å². The molecule has 1 aliphatic rings. The average Bonchev–Trinajstić information content (AvgIpc) is 2.38. The summed E-state index contributed by atoms with van der Waals surface area (Å²) in [4.78, 5) is 2.66. The van der Waals surface area contributed by atoms with E-state index in [2.05, 4.69) is 57.1 Å². The molecule has 2 rings (SSSR count). The minimum Gasteiger partial charge on any atom is -0.312 e. The van der Waals surface area contributed by atoms with Gasteiger partial charge in [-0.05, 0) is 70.8 Å². The molecule has 1 N–H and O–H groups in total. The summed E-state index contributed by atoms with van der Waals surface area (Å²) in [7, 11) is 2.10. The summed E-state index contributed by atoms with van der Waals surface area (Å²) >= 11 is 0. The molecular weight excluding hydrogens is 244 g/mol. The van der Waals surface area contributed by atoms with Crippen LogP contribution in [0.25, 0.3) is 0 Å². The minimum absolute atomic E-state index is 0.441. The number of aryl methyl sites for hydroxylation is 3. The maximum Gasteiger partial charge on any atom is 0.0452 e. The van der Waals surface area contributed by atoms with Crippen LogP contribution in [0.4, 0.5) is 0 Å². The predicted molar refractivity (Wildman–Crippen MR) is 87.3 cm³/mol. The van der Waals surface area contributed by atoms with Gasteiger partial charge in [0.15, 0.2) is 0 Å². The standard InChI is InChI=1S/C18H30N2/c1-13-10-14(2)18(15(3)11-13)17(19-5)12-20-9-7-6-8-16(20)4/h10-11,16-17,19H,6-9,12H2,1-5H3. The van der Waals surface area contributed by atoms with Crippen LogP contribution >= 0.6 is 0 Å². The lowest BCUT2D eigenvalue weighted by Crippen LogP contribution is -2.42. The number of hydrogen-bond donors (Lipinski definition) is 1. The quantitative estimate of drug-likeness (QED) is 0.899. The summed E-state index contributed by atoms with van der Waals surface area (Å²) in [5.74, 6) is 0. The van der Waals surface area contributed by atoms with Gasteiger partial charge in [0.1, 0.15) is 0 Å². The van der Waals surface area contributed by atoms with E-state index in [9.17, 15) is 0 Å². The first-order valence-electron chi connectivity index (χ1n) is 8.02. The van der Waals surface area contributed by atoms with Crippen molar-refractivity contribution in [2.24, 2.45) is 0 Å². The van der Waals surface area contributed by atoms with Gasteiger partial charge in [0.2, 0.25) is 0 Å². The van der Waals surface area contributed by atoms with Crippen LogP contribution in [-0.4, -0.2) is 31.1 Å². The van der Waals surface area contributed by atoms with Crippen molar-refractivity contribution in [2.75, 3.05) is 20.1 Å². The molecule has 1 aliphatic heterocycles. The van der Waals surface area contributed by atoms with E-state index >= 15 is 0 Å². The van der Waals surface area contributed by atoms with E-state index < -0.39 is 0 Å². The maximum atomic E-state index is 3.55. The van der Waals surface area contributed by atoms with E-state index in [4.69, 9.17) is 0 Å². The van der Waals surface area contributed by atoms with Gasteiger partial charge >= 0.3 is 0 Å². The molecule has 1 fully saturated rings. The Labute approximate surface area is 124 Å². The van der Waals surface area contributed by atoms with E-state index in [0.29, 0.717) is 6.04 Å². The largest absolute Gasteiger partial charge is 0.312 e. The summed E-state index contributed by atoms with van der Waals surface area (Å²) < 4.78 is 0. The van der Waals surface area contributed by atoms with Crippen molar-refractivity contribution in [3.8, 4) is 0 Å². The molecule has 2 heteroatoms. The molecule has 1 aromatic carbocycles. The molecule has 0 aliphatic carbocycles. The lowest BCUT2D eigenvalue weighted by Gasteiger charge is -2.36. The summed E-state index contributed by atoms with van der Waals surface area (Å²) in [6.07, 6.45) is 4.10. The normalized spacial score (nSPS) is 21.9. The molecule has 0 bridgehead atoms. The van der Waals surface area contributed by atoms with Gasteiger partial charge in [-0.2, -0.15) is 0 Å². The Kier molecular flexibility index (Phi) is 5.22. The van der Waals surface area contributed by atoms with E-state index in [1.54, 1.807) is 0 Å². The highest BCUT2D eigenvalue weighted by Gasteiger charge is 2.23. The third-order valence-electron chi connectivity index (χ3n) is 4.79. The second kappa shape index (κ2) is 6.73. The Balaban J connectivity index is 2.20. The van der Waals surface area contributed by atoms with E-state index in [1.165, 1.54) is 48.1 Å². The van der Waals surface area contributed by atoms with Crippen LogP contribution in [0, 0.1) is 20.8 Å². The zero-order chi connectivity index (χ0) is 14.7. The van der Waals surface area contributed by atoms with Crippen molar-refractivity contribution in [2.45, 2.75) is 59.0 Å². The van der Waals surface area contributed by atoms with Gasteiger partial charge < -0.3 is 5.32 Å². The van der Waals surface area contributed by atoms with Crippen molar-refractivity contribution >= 4 is 0 Å². The average molecular weight is 274 g/mol. The molecular formula is C18H30N2. The highest BCUT2D eigenvalue weighted by molar-refractivity contribution is 5.39. The number of likely N-dealkylation sites (N-methyl/N-ethyl adjacent to an activating group) is 1. The van der Waals surface area contributed by atoms with Gasteiger partial charge in [-0.1, -0.05) is 24.1 Å². The van der Waals surface area contributed by atoms with E-state index in [1.807, 2.05) is 0 Å². The third kappa shape index (κ3) is 3.42. The SMILES string of the molecule is CNC(CN1CCCCC1C)c1c(C)cc(C)cc1C. The van der Waals surface area contributed by atoms with Crippen LogP contribution in [0.1, 0.15) is 54.5 Å². The number of likely N-dealkylation sites (tertiary alicyclic amines) is 1. The number of rotatable bonds is 4. The fourth-order valence-corrected chi connectivity index (χ4v) is 3.73. The summed E-state index contributed by atoms with van der Waals surface area (Å²) in [6.45, 7) is 11.4.